The number of methoxy groups -OCH3 is 1. The third-order valence-electron chi connectivity index (χ3n) is 4.48. The predicted molar refractivity (Wildman–Crippen MR) is 111 cm³/mol. The number of ether oxygens (including phenoxy) is 2. The molecule has 3 rings (SSSR count). The van der Waals surface area contributed by atoms with Crippen LogP contribution in [0.1, 0.15) is 18.9 Å². The summed E-state index contributed by atoms with van der Waals surface area (Å²) in [6.07, 6.45) is 0.860. The molecule has 1 atom stereocenters. The van der Waals surface area contributed by atoms with Crippen molar-refractivity contribution in [2.75, 3.05) is 25.2 Å². The second kappa shape index (κ2) is 9.34. The monoisotopic (exact) mass is 419 g/mol. The number of nitrogens with zero attached hydrogens (tertiary/aromatic N) is 1. The van der Waals surface area contributed by atoms with E-state index >= 15 is 0 Å². The van der Waals surface area contributed by atoms with Gasteiger partial charge in [0, 0.05) is 27.3 Å². The van der Waals surface area contributed by atoms with E-state index in [2.05, 4.69) is 6.92 Å². The second-order valence-corrected chi connectivity index (χ2v) is 8.44. The number of rotatable bonds is 5. The summed E-state index contributed by atoms with van der Waals surface area (Å²) in [4.78, 5) is 27.8. The van der Waals surface area contributed by atoms with Crippen molar-refractivity contribution in [3.05, 3.63) is 53.1 Å². The van der Waals surface area contributed by atoms with Gasteiger partial charge in [-0.15, -0.1) is 11.8 Å². The summed E-state index contributed by atoms with van der Waals surface area (Å²) in [5, 5.41) is 0.921. The number of hydrogen-bond acceptors (Lipinski definition) is 5. The average Bonchev–Trinajstić information content (AvgIpc) is 2.84. The maximum absolute atomic E-state index is 12.7. The van der Waals surface area contributed by atoms with Gasteiger partial charge in [0.25, 0.3) is 5.91 Å². The Balaban J connectivity index is 1.64. The number of esters is 1. The molecule has 2 aromatic carbocycles. The first-order valence-corrected chi connectivity index (χ1v) is 10.3. The van der Waals surface area contributed by atoms with E-state index in [9.17, 15) is 9.59 Å². The second-order valence-electron chi connectivity index (χ2n) is 6.52. The fourth-order valence-corrected chi connectivity index (χ4v) is 4.37. The molecular formula is C21H22ClNO4S. The molecule has 2 aromatic rings. The van der Waals surface area contributed by atoms with E-state index in [0.717, 1.165) is 17.0 Å². The lowest BCUT2D eigenvalue weighted by atomic mass is 10.1. The maximum Gasteiger partial charge on any atom is 0.310 e. The Hall–Kier alpha value is -2.18. The highest BCUT2D eigenvalue weighted by molar-refractivity contribution is 8.00. The van der Waals surface area contributed by atoms with Crippen LogP contribution in [0.25, 0.3) is 0 Å². The fraction of sp³-hybridized carbons (Fsp3) is 0.333. The van der Waals surface area contributed by atoms with Crippen LogP contribution >= 0.6 is 23.4 Å². The lowest BCUT2D eigenvalue weighted by molar-refractivity contribution is -0.147. The van der Waals surface area contributed by atoms with Crippen molar-refractivity contribution in [1.29, 1.82) is 0 Å². The molecule has 7 heteroatoms. The van der Waals surface area contributed by atoms with Crippen molar-refractivity contribution < 1.29 is 19.1 Å². The fourth-order valence-electron chi connectivity index (χ4n) is 3.06. The molecule has 0 unspecified atom stereocenters. The Morgan fingerprint density at radius 3 is 2.82 bits per heavy atom. The zero-order valence-corrected chi connectivity index (χ0v) is 17.4. The number of carbonyl (C=O) groups excluding carboxylic acids is 2. The quantitative estimate of drug-likeness (QED) is 0.674. The van der Waals surface area contributed by atoms with Crippen LogP contribution in [0.2, 0.25) is 5.02 Å². The van der Waals surface area contributed by atoms with Crippen molar-refractivity contribution in [3.8, 4) is 5.75 Å². The third kappa shape index (κ3) is 5.00. The van der Waals surface area contributed by atoms with E-state index in [0.29, 0.717) is 28.1 Å². The molecule has 28 heavy (non-hydrogen) atoms. The van der Waals surface area contributed by atoms with Gasteiger partial charge in [-0.1, -0.05) is 30.7 Å². The molecule has 0 radical (unpaired) electrons. The molecular weight excluding hydrogens is 398 g/mol. The minimum atomic E-state index is -0.500. The number of halogens is 1. The first-order valence-electron chi connectivity index (χ1n) is 9.02. The number of fused-ring (bicyclic) bond motifs is 1. The Bertz CT molecular complexity index is 873. The van der Waals surface area contributed by atoms with E-state index in [4.69, 9.17) is 21.1 Å². The molecule has 0 aromatic heterocycles. The van der Waals surface area contributed by atoms with Crippen LogP contribution in [0.15, 0.2) is 47.4 Å². The smallest absolute Gasteiger partial charge is 0.310 e. The molecule has 0 saturated heterocycles. The largest absolute Gasteiger partial charge is 0.496 e. The lowest BCUT2D eigenvalue weighted by Gasteiger charge is -2.22. The molecule has 0 spiro atoms. The molecule has 1 aliphatic rings. The minimum Gasteiger partial charge on any atom is -0.496 e. The summed E-state index contributed by atoms with van der Waals surface area (Å²) < 4.78 is 10.5. The van der Waals surface area contributed by atoms with Gasteiger partial charge in [0.2, 0.25) is 0 Å². The number of amides is 1. The molecule has 0 aliphatic carbocycles. The molecule has 1 aliphatic heterocycles. The summed E-state index contributed by atoms with van der Waals surface area (Å²) in [6.45, 7) is 2.45. The number of carbonyl (C=O) groups is 2. The van der Waals surface area contributed by atoms with Gasteiger partial charge in [0.15, 0.2) is 6.61 Å². The van der Waals surface area contributed by atoms with Crippen LogP contribution in [0, 0.1) is 0 Å². The summed E-state index contributed by atoms with van der Waals surface area (Å²) in [5.41, 5.74) is 1.49. The topological polar surface area (TPSA) is 55.8 Å². The van der Waals surface area contributed by atoms with E-state index in [1.54, 1.807) is 34.9 Å². The van der Waals surface area contributed by atoms with Crippen molar-refractivity contribution in [1.82, 2.24) is 0 Å². The van der Waals surface area contributed by atoms with Gasteiger partial charge in [-0.3, -0.25) is 9.59 Å². The number of para-hydroxylation sites is 1. The van der Waals surface area contributed by atoms with Crippen LogP contribution in [-0.4, -0.2) is 37.4 Å². The molecule has 1 amide bonds. The Kier molecular flexibility index (Phi) is 6.86. The summed E-state index contributed by atoms with van der Waals surface area (Å²) >= 11 is 7.75. The average molecular weight is 420 g/mol. The zero-order chi connectivity index (χ0) is 20.1. The summed E-state index contributed by atoms with van der Waals surface area (Å²) in [6, 6.07) is 12.9. The summed E-state index contributed by atoms with van der Waals surface area (Å²) in [5.74, 6) is -0.173. The van der Waals surface area contributed by atoms with E-state index < -0.39 is 5.97 Å². The molecule has 0 bridgehead atoms. The normalized spacial score (nSPS) is 16.1. The van der Waals surface area contributed by atoms with Gasteiger partial charge in [0.1, 0.15) is 5.75 Å². The van der Waals surface area contributed by atoms with E-state index in [-0.39, 0.29) is 18.9 Å². The molecule has 148 valence electrons. The molecule has 5 nitrogen and oxygen atoms in total. The number of benzene rings is 2. The van der Waals surface area contributed by atoms with E-state index in [1.807, 2.05) is 24.3 Å². The summed E-state index contributed by atoms with van der Waals surface area (Å²) in [7, 11) is 1.53. The van der Waals surface area contributed by atoms with Gasteiger partial charge in [-0.25, -0.2) is 0 Å². The van der Waals surface area contributed by atoms with Crippen LogP contribution in [0.4, 0.5) is 5.69 Å². The number of thioether (sulfide) groups is 1. The van der Waals surface area contributed by atoms with Crippen LogP contribution in [0.3, 0.4) is 0 Å². The SMILES string of the molecule is COc1ccc(Cl)cc1CC(=O)OCC(=O)N1CC[C@H](C)Sc2ccccc21. The molecule has 0 N–H and O–H groups in total. The highest BCUT2D eigenvalue weighted by Crippen LogP contribution is 2.37. The van der Waals surface area contributed by atoms with Gasteiger partial charge in [-0.05, 0) is 36.8 Å². The Morgan fingerprint density at radius 2 is 2.04 bits per heavy atom. The standard InChI is InChI=1S/C21H22ClNO4S/c1-14-9-10-23(17-5-3-4-6-19(17)28-14)20(24)13-27-21(25)12-15-11-16(22)7-8-18(15)26-2/h3-8,11,14H,9-10,12-13H2,1-2H3/t14-/m0/s1. The number of anilines is 1. The van der Waals surface area contributed by atoms with Gasteiger partial charge in [-0.2, -0.15) is 0 Å². The van der Waals surface area contributed by atoms with Gasteiger partial charge < -0.3 is 14.4 Å². The van der Waals surface area contributed by atoms with Crippen LogP contribution in [-0.2, 0) is 20.7 Å². The zero-order valence-electron chi connectivity index (χ0n) is 15.8. The first-order chi connectivity index (χ1) is 13.5. The van der Waals surface area contributed by atoms with Gasteiger partial charge in [0.05, 0.1) is 19.2 Å². The number of hydrogen-bond donors (Lipinski definition) is 0. The van der Waals surface area contributed by atoms with Crippen LogP contribution < -0.4 is 9.64 Å². The minimum absolute atomic E-state index is 0.0134. The van der Waals surface area contributed by atoms with Crippen molar-refractivity contribution in [2.24, 2.45) is 0 Å². The highest BCUT2D eigenvalue weighted by Gasteiger charge is 2.25. The predicted octanol–water partition coefficient (Wildman–Crippen LogP) is 4.35. The first kappa shape index (κ1) is 20.6. The van der Waals surface area contributed by atoms with Crippen molar-refractivity contribution >= 4 is 40.9 Å². The molecule has 0 fully saturated rings. The Labute approximate surface area is 174 Å². The van der Waals surface area contributed by atoms with E-state index in [1.165, 1.54) is 7.11 Å². The highest BCUT2D eigenvalue weighted by atomic mass is 35.5. The van der Waals surface area contributed by atoms with Crippen molar-refractivity contribution in [3.63, 3.8) is 0 Å². The maximum atomic E-state index is 12.7. The lowest BCUT2D eigenvalue weighted by Crippen LogP contribution is -2.36. The van der Waals surface area contributed by atoms with Crippen LogP contribution in [0.5, 0.6) is 5.75 Å². The van der Waals surface area contributed by atoms with Crippen molar-refractivity contribution in [2.45, 2.75) is 29.9 Å². The molecule has 1 heterocycles. The molecule has 0 saturated carbocycles. The van der Waals surface area contributed by atoms with Gasteiger partial charge >= 0.3 is 5.97 Å². The Morgan fingerprint density at radius 1 is 1.25 bits per heavy atom. The third-order valence-corrected chi connectivity index (χ3v) is 5.95.